The fraction of sp³-hybridized carbons (Fsp3) is 0.714. The van der Waals surface area contributed by atoms with Gasteiger partial charge in [0.2, 0.25) is 5.91 Å². The van der Waals surface area contributed by atoms with Crippen LogP contribution in [0.2, 0.25) is 0 Å². The van der Waals surface area contributed by atoms with Gasteiger partial charge in [0.25, 0.3) is 0 Å². The third-order valence-electron chi connectivity index (χ3n) is 3.84. The molecule has 0 spiro atoms. The Bertz CT molecular complexity index is 419. The molecule has 1 aliphatic rings. The minimum absolute atomic E-state index is 0.0530. The van der Waals surface area contributed by atoms with Crippen LogP contribution in [0.4, 0.5) is 5.82 Å². The third kappa shape index (κ3) is 2.74. The predicted octanol–water partition coefficient (Wildman–Crippen LogP) is 3.29. The van der Waals surface area contributed by atoms with Crippen molar-refractivity contribution in [1.29, 1.82) is 0 Å². The molecule has 4 heteroatoms. The zero-order valence-electron chi connectivity index (χ0n) is 11.6. The van der Waals surface area contributed by atoms with Crippen LogP contribution in [0.25, 0.3) is 0 Å². The highest BCUT2D eigenvalue weighted by atomic mass is 16.2. The number of carbonyl (C=O) groups is 1. The van der Waals surface area contributed by atoms with Gasteiger partial charge in [-0.3, -0.25) is 4.79 Å². The summed E-state index contributed by atoms with van der Waals surface area (Å²) >= 11 is 0. The van der Waals surface area contributed by atoms with Crippen LogP contribution in [0, 0.1) is 12.8 Å². The van der Waals surface area contributed by atoms with Crippen LogP contribution >= 0.6 is 0 Å². The number of aryl methyl sites for hydroxylation is 1. The molecule has 0 aliphatic heterocycles. The summed E-state index contributed by atoms with van der Waals surface area (Å²) in [7, 11) is 0. The zero-order chi connectivity index (χ0) is 13.1. The molecule has 1 N–H and O–H groups in total. The summed E-state index contributed by atoms with van der Waals surface area (Å²) in [5.74, 6) is 1.01. The number of nitrogens with zero attached hydrogens (tertiary/aromatic N) is 2. The van der Waals surface area contributed by atoms with E-state index >= 15 is 0 Å². The lowest BCUT2D eigenvalue weighted by Gasteiger charge is -2.16. The van der Waals surface area contributed by atoms with Crippen molar-refractivity contribution in [2.24, 2.45) is 5.92 Å². The second-order valence-electron chi connectivity index (χ2n) is 5.35. The molecule has 0 aromatic carbocycles. The molecular weight excluding hydrogens is 226 g/mol. The van der Waals surface area contributed by atoms with Gasteiger partial charge in [0.15, 0.2) is 0 Å². The Morgan fingerprint density at radius 1 is 1.56 bits per heavy atom. The largest absolute Gasteiger partial charge is 0.311 e. The first kappa shape index (κ1) is 13.1. The van der Waals surface area contributed by atoms with E-state index in [4.69, 9.17) is 0 Å². The van der Waals surface area contributed by atoms with Crippen molar-refractivity contribution in [1.82, 2.24) is 9.78 Å². The number of hydrogen-bond acceptors (Lipinski definition) is 2. The fourth-order valence-corrected chi connectivity index (χ4v) is 2.47. The summed E-state index contributed by atoms with van der Waals surface area (Å²) in [6.07, 6.45) is 5.74. The van der Waals surface area contributed by atoms with Crippen molar-refractivity contribution in [3.63, 3.8) is 0 Å². The van der Waals surface area contributed by atoms with E-state index in [1.165, 1.54) is 25.7 Å². The molecule has 1 aliphatic carbocycles. The Balaban J connectivity index is 2.14. The first-order valence-corrected chi connectivity index (χ1v) is 6.98. The molecule has 1 aromatic rings. The highest BCUT2D eigenvalue weighted by Crippen LogP contribution is 2.31. The summed E-state index contributed by atoms with van der Waals surface area (Å²) in [6.45, 7) is 5.96. The molecule has 1 unspecified atom stereocenters. The summed E-state index contributed by atoms with van der Waals surface area (Å²) in [4.78, 5) is 12.0. The van der Waals surface area contributed by atoms with Gasteiger partial charge in [-0.15, -0.1) is 0 Å². The molecule has 0 saturated heterocycles. The van der Waals surface area contributed by atoms with E-state index in [-0.39, 0.29) is 11.8 Å². The minimum Gasteiger partial charge on any atom is -0.311 e. The molecule has 0 radical (unpaired) electrons. The maximum absolute atomic E-state index is 12.0. The van der Waals surface area contributed by atoms with Crippen LogP contribution in [-0.4, -0.2) is 15.7 Å². The van der Waals surface area contributed by atoms with Gasteiger partial charge >= 0.3 is 0 Å². The van der Waals surface area contributed by atoms with Crippen molar-refractivity contribution in [3.8, 4) is 0 Å². The Hall–Kier alpha value is -1.32. The van der Waals surface area contributed by atoms with Gasteiger partial charge in [-0.25, -0.2) is 4.68 Å². The molecule has 1 saturated carbocycles. The van der Waals surface area contributed by atoms with Gasteiger partial charge in [-0.2, -0.15) is 5.10 Å². The lowest BCUT2D eigenvalue weighted by Crippen LogP contribution is -2.22. The standard InChI is InChI=1S/C14H23N3O/c1-4-10(2)14(18)15-13-9-11(3)16-17(13)12-7-5-6-8-12/h9-10,12H,4-8H2,1-3H3,(H,15,18). The minimum atomic E-state index is 0.0530. The van der Waals surface area contributed by atoms with Crippen molar-refractivity contribution in [2.75, 3.05) is 5.32 Å². The number of rotatable bonds is 4. The second kappa shape index (κ2) is 5.55. The molecule has 1 atom stereocenters. The Morgan fingerprint density at radius 3 is 2.83 bits per heavy atom. The van der Waals surface area contributed by atoms with Crippen LogP contribution < -0.4 is 5.32 Å². The smallest absolute Gasteiger partial charge is 0.228 e. The van der Waals surface area contributed by atoms with Gasteiger partial charge in [0, 0.05) is 12.0 Å². The summed E-state index contributed by atoms with van der Waals surface area (Å²) in [5.41, 5.74) is 0.973. The summed E-state index contributed by atoms with van der Waals surface area (Å²) in [6, 6.07) is 2.43. The number of carbonyl (C=O) groups excluding carboxylic acids is 1. The zero-order valence-corrected chi connectivity index (χ0v) is 11.6. The Morgan fingerprint density at radius 2 is 2.22 bits per heavy atom. The molecule has 2 rings (SSSR count). The van der Waals surface area contributed by atoms with Crippen molar-refractivity contribution >= 4 is 11.7 Å². The SMILES string of the molecule is CCC(C)C(=O)Nc1cc(C)nn1C1CCCC1. The van der Waals surface area contributed by atoms with Crippen molar-refractivity contribution < 1.29 is 4.79 Å². The third-order valence-corrected chi connectivity index (χ3v) is 3.84. The van der Waals surface area contributed by atoms with Gasteiger partial charge in [0.1, 0.15) is 5.82 Å². The molecular formula is C14H23N3O. The molecule has 4 nitrogen and oxygen atoms in total. The monoisotopic (exact) mass is 249 g/mol. The van der Waals surface area contributed by atoms with E-state index in [2.05, 4.69) is 10.4 Å². The van der Waals surface area contributed by atoms with E-state index in [0.717, 1.165) is 17.9 Å². The van der Waals surface area contributed by atoms with Gasteiger partial charge in [-0.1, -0.05) is 26.7 Å². The number of hydrogen-bond donors (Lipinski definition) is 1. The normalized spacial score (nSPS) is 17.9. The highest BCUT2D eigenvalue weighted by Gasteiger charge is 2.22. The van der Waals surface area contributed by atoms with E-state index < -0.39 is 0 Å². The van der Waals surface area contributed by atoms with E-state index in [9.17, 15) is 4.79 Å². The molecule has 1 fully saturated rings. The van der Waals surface area contributed by atoms with E-state index in [0.29, 0.717) is 6.04 Å². The quantitative estimate of drug-likeness (QED) is 0.890. The molecule has 100 valence electrons. The number of anilines is 1. The maximum atomic E-state index is 12.0. The van der Waals surface area contributed by atoms with Crippen LogP contribution in [0.3, 0.4) is 0 Å². The number of nitrogens with one attached hydrogen (secondary N) is 1. The van der Waals surface area contributed by atoms with Gasteiger partial charge in [0.05, 0.1) is 11.7 Å². The summed E-state index contributed by atoms with van der Waals surface area (Å²) in [5, 5.41) is 7.55. The lowest BCUT2D eigenvalue weighted by molar-refractivity contribution is -0.119. The number of amides is 1. The second-order valence-corrected chi connectivity index (χ2v) is 5.35. The maximum Gasteiger partial charge on any atom is 0.228 e. The van der Waals surface area contributed by atoms with Crippen LogP contribution in [0.5, 0.6) is 0 Å². The first-order chi connectivity index (χ1) is 8.61. The Kier molecular flexibility index (Phi) is 4.04. The van der Waals surface area contributed by atoms with Crippen molar-refractivity contribution in [3.05, 3.63) is 11.8 Å². The average molecular weight is 249 g/mol. The summed E-state index contributed by atoms with van der Waals surface area (Å²) < 4.78 is 2.02. The first-order valence-electron chi connectivity index (χ1n) is 6.98. The van der Waals surface area contributed by atoms with Crippen molar-refractivity contribution in [2.45, 2.75) is 58.9 Å². The molecule has 18 heavy (non-hydrogen) atoms. The van der Waals surface area contributed by atoms with E-state index in [1.807, 2.05) is 31.5 Å². The molecule has 1 heterocycles. The van der Waals surface area contributed by atoms with Crippen LogP contribution in [-0.2, 0) is 4.79 Å². The number of aromatic nitrogens is 2. The van der Waals surface area contributed by atoms with E-state index in [1.54, 1.807) is 0 Å². The topological polar surface area (TPSA) is 46.9 Å². The fourth-order valence-electron chi connectivity index (χ4n) is 2.47. The lowest BCUT2D eigenvalue weighted by atomic mass is 10.1. The average Bonchev–Trinajstić information content (AvgIpc) is 2.97. The predicted molar refractivity (Wildman–Crippen MR) is 72.6 cm³/mol. The highest BCUT2D eigenvalue weighted by molar-refractivity contribution is 5.91. The van der Waals surface area contributed by atoms with Crippen LogP contribution in [0.15, 0.2) is 6.07 Å². The van der Waals surface area contributed by atoms with Crippen LogP contribution in [0.1, 0.15) is 57.7 Å². The molecule has 1 aromatic heterocycles. The Labute approximate surface area is 109 Å². The van der Waals surface area contributed by atoms with Gasteiger partial charge < -0.3 is 5.32 Å². The molecule has 0 bridgehead atoms. The molecule has 1 amide bonds. The van der Waals surface area contributed by atoms with Gasteiger partial charge in [-0.05, 0) is 26.2 Å².